The van der Waals surface area contributed by atoms with Crippen LogP contribution in [0, 0.1) is 6.92 Å². The molecule has 8 nitrogen and oxygen atoms in total. The van der Waals surface area contributed by atoms with Gasteiger partial charge in [0.1, 0.15) is 0 Å². The summed E-state index contributed by atoms with van der Waals surface area (Å²) < 4.78 is 18.0. The van der Waals surface area contributed by atoms with Gasteiger partial charge in [0.05, 0.1) is 22.3 Å². The van der Waals surface area contributed by atoms with Gasteiger partial charge in [0, 0.05) is 11.6 Å². The fourth-order valence-electron chi connectivity index (χ4n) is 3.82. The van der Waals surface area contributed by atoms with Crippen LogP contribution in [0.3, 0.4) is 0 Å². The van der Waals surface area contributed by atoms with E-state index in [0.717, 1.165) is 16.8 Å². The molecule has 2 aromatic heterocycles. The third kappa shape index (κ3) is 3.60. The number of thioether (sulfide) groups is 1. The molecule has 0 fully saturated rings. The Balaban J connectivity index is 1.42. The monoisotopic (exact) mass is 470 g/mol. The first kappa shape index (κ1) is 20.5. The van der Waals surface area contributed by atoms with Crippen molar-refractivity contribution in [2.45, 2.75) is 17.8 Å². The number of ether oxygens (including phenoxy) is 2. The van der Waals surface area contributed by atoms with Crippen LogP contribution >= 0.6 is 11.8 Å². The molecule has 0 spiro atoms. The molecule has 3 aromatic carbocycles. The van der Waals surface area contributed by atoms with Crippen molar-refractivity contribution in [3.05, 3.63) is 88.5 Å². The number of hydrogen-bond donors (Lipinski definition) is 0. The van der Waals surface area contributed by atoms with E-state index in [4.69, 9.17) is 19.0 Å². The summed E-state index contributed by atoms with van der Waals surface area (Å²) in [6.07, 6.45) is 0. The van der Waals surface area contributed by atoms with Crippen molar-refractivity contribution < 1.29 is 14.0 Å². The Morgan fingerprint density at radius 1 is 0.971 bits per heavy atom. The first-order chi connectivity index (χ1) is 16.7. The van der Waals surface area contributed by atoms with Gasteiger partial charge in [-0.3, -0.25) is 9.36 Å². The Morgan fingerprint density at radius 2 is 1.74 bits per heavy atom. The smallest absolute Gasteiger partial charge is 0.266 e. The van der Waals surface area contributed by atoms with E-state index in [-0.39, 0.29) is 12.4 Å². The van der Waals surface area contributed by atoms with Gasteiger partial charge in [0.15, 0.2) is 16.7 Å². The van der Waals surface area contributed by atoms with Crippen molar-refractivity contribution in [3.8, 4) is 28.6 Å². The van der Waals surface area contributed by atoms with Crippen LogP contribution < -0.4 is 15.0 Å². The normalized spacial score (nSPS) is 12.4. The van der Waals surface area contributed by atoms with Gasteiger partial charge in [-0.25, -0.2) is 4.98 Å². The fraction of sp³-hybridized carbons (Fsp3) is 0.120. The molecule has 1 aliphatic heterocycles. The minimum atomic E-state index is -0.185. The largest absolute Gasteiger partial charge is 0.454 e. The Kier molecular flexibility index (Phi) is 5.03. The molecule has 0 atom stereocenters. The maximum absolute atomic E-state index is 13.7. The minimum Gasteiger partial charge on any atom is -0.454 e. The minimum absolute atomic E-state index is 0.125. The average Bonchev–Trinajstić information content (AvgIpc) is 3.52. The van der Waals surface area contributed by atoms with Gasteiger partial charge in [0.2, 0.25) is 18.5 Å². The van der Waals surface area contributed by atoms with Crippen LogP contribution in [-0.4, -0.2) is 26.5 Å². The molecule has 0 radical (unpaired) electrons. The molecule has 0 saturated heterocycles. The Morgan fingerprint density at radius 3 is 2.56 bits per heavy atom. The van der Waals surface area contributed by atoms with Crippen LogP contribution in [0.1, 0.15) is 11.5 Å². The third-order valence-electron chi connectivity index (χ3n) is 5.51. The zero-order valence-electron chi connectivity index (χ0n) is 18.1. The molecule has 0 amide bonds. The van der Waals surface area contributed by atoms with E-state index >= 15 is 0 Å². The average molecular weight is 471 g/mol. The number of aromatic nitrogens is 4. The third-order valence-corrected chi connectivity index (χ3v) is 6.44. The molecular formula is C25H18N4O4S. The van der Waals surface area contributed by atoms with Crippen molar-refractivity contribution in [1.29, 1.82) is 0 Å². The Labute approximate surface area is 198 Å². The Hall–Kier alpha value is -4.11. The van der Waals surface area contributed by atoms with Gasteiger partial charge in [-0.15, -0.1) is 0 Å². The summed E-state index contributed by atoms with van der Waals surface area (Å²) in [5.74, 6) is 2.44. The summed E-state index contributed by atoms with van der Waals surface area (Å²) in [6.45, 7) is 2.09. The van der Waals surface area contributed by atoms with E-state index in [0.29, 0.717) is 45.0 Å². The molecule has 6 rings (SSSR count). The van der Waals surface area contributed by atoms with Gasteiger partial charge < -0.3 is 14.0 Å². The number of aryl methyl sites for hydroxylation is 1. The highest BCUT2D eigenvalue weighted by molar-refractivity contribution is 7.98. The zero-order chi connectivity index (χ0) is 23.1. The van der Waals surface area contributed by atoms with E-state index in [1.54, 1.807) is 16.7 Å². The van der Waals surface area contributed by atoms with Crippen molar-refractivity contribution in [3.63, 3.8) is 0 Å². The molecule has 0 aliphatic carbocycles. The Bertz CT molecular complexity index is 1580. The molecule has 1 aliphatic rings. The van der Waals surface area contributed by atoms with Crippen LogP contribution in [0.15, 0.2) is 81.2 Å². The van der Waals surface area contributed by atoms with E-state index in [1.807, 2.05) is 61.5 Å². The summed E-state index contributed by atoms with van der Waals surface area (Å²) in [5, 5.41) is 5.06. The number of benzene rings is 3. The first-order valence-corrected chi connectivity index (χ1v) is 11.6. The highest BCUT2D eigenvalue weighted by atomic mass is 32.2. The van der Waals surface area contributed by atoms with Crippen LogP contribution in [0.2, 0.25) is 0 Å². The standard InChI is InChI=1S/C25H18N4O4S/c1-15-7-5-6-10-19(15)29-24(30)17-11-20-21(32-14-31-20)12-18(17)26-25(29)34-13-22-27-23(28-33-22)16-8-3-2-4-9-16/h2-12H,13-14H2,1H3. The van der Waals surface area contributed by atoms with Crippen LogP contribution in [0.5, 0.6) is 11.5 Å². The summed E-state index contributed by atoms with van der Waals surface area (Å²) in [6, 6.07) is 20.8. The molecule has 0 bridgehead atoms. The molecule has 0 unspecified atom stereocenters. The highest BCUT2D eigenvalue weighted by Crippen LogP contribution is 2.35. The van der Waals surface area contributed by atoms with Gasteiger partial charge >= 0.3 is 0 Å². The molecule has 5 aromatic rings. The predicted molar refractivity (Wildman–Crippen MR) is 127 cm³/mol. The first-order valence-electron chi connectivity index (χ1n) is 10.6. The molecular weight excluding hydrogens is 452 g/mol. The lowest BCUT2D eigenvalue weighted by molar-refractivity contribution is 0.174. The topological polar surface area (TPSA) is 92.3 Å². The summed E-state index contributed by atoms with van der Waals surface area (Å²) in [5.41, 5.74) is 2.95. The van der Waals surface area contributed by atoms with E-state index in [1.165, 1.54) is 11.8 Å². The number of nitrogens with zero attached hydrogens (tertiary/aromatic N) is 4. The molecule has 9 heteroatoms. The molecule has 3 heterocycles. The van der Waals surface area contributed by atoms with Crippen LogP contribution in [0.25, 0.3) is 28.0 Å². The number of hydrogen-bond acceptors (Lipinski definition) is 8. The summed E-state index contributed by atoms with van der Waals surface area (Å²) in [4.78, 5) is 23.0. The second kappa shape index (κ2) is 8.35. The lowest BCUT2D eigenvalue weighted by Gasteiger charge is -2.15. The van der Waals surface area contributed by atoms with Crippen molar-refractivity contribution in [2.24, 2.45) is 0 Å². The van der Waals surface area contributed by atoms with Gasteiger partial charge in [0.25, 0.3) is 5.56 Å². The second-order valence-electron chi connectivity index (χ2n) is 7.71. The summed E-state index contributed by atoms with van der Waals surface area (Å²) in [7, 11) is 0. The summed E-state index contributed by atoms with van der Waals surface area (Å²) >= 11 is 1.36. The maximum atomic E-state index is 13.7. The zero-order valence-corrected chi connectivity index (χ0v) is 18.9. The van der Waals surface area contributed by atoms with Gasteiger partial charge in [-0.1, -0.05) is 65.4 Å². The number of para-hydroxylation sites is 1. The molecule has 34 heavy (non-hydrogen) atoms. The quantitative estimate of drug-likeness (QED) is 0.268. The van der Waals surface area contributed by atoms with Gasteiger partial charge in [-0.05, 0) is 24.6 Å². The highest BCUT2D eigenvalue weighted by Gasteiger charge is 2.21. The van der Waals surface area contributed by atoms with Crippen molar-refractivity contribution >= 4 is 22.7 Å². The lowest BCUT2D eigenvalue weighted by Crippen LogP contribution is -2.22. The molecule has 0 N–H and O–H groups in total. The van der Waals surface area contributed by atoms with Crippen LogP contribution in [0.4, 0.5) is 0 Å². The van der Waals surface area contributed by atoms with E-state index in [9.17, 15) is 4.79 Å². The molecule has 168 valence electrons. The SMILES string of the molecule is Cc1ccccc1-n1c(SCc2nc(-c3ccccc3)no2)nc2cc3c(cc2c1=O)OCO3. The van der Waals surface area contributed by atoms with E-state index < -0.39 is 0 Å². The van der Waals surface area contributed by atoms with Crippen LogP contribution in [-0.2, 0) is 5.75 Å². The van der Waals surface area contributed by atoms with Gasteiger partial charge in [-0.2, -0.15) is 4.98 Å². The number of rotatable bonds is 5. The fourth-order valence-corrected chi connectivity index (χ4v) is 4.67. The van der Waals surface area contributed by atoms with Crippen molar-refractivity contribution in [2.75, 3.05) is 6.79 Å². The maximum Gasteiger partial charge on any atom is 0.266 e. The number of fused-ring (bicyclic) bond motifs is 2. The predicted octanol–water partition coefficient (Wildman–Crippen LogP) is 4.77. The second-order valence-corrected chi connectivity index (χ2v) is 8.65. The molecule has 0 saturated carbocycles. The van der Waals surface area contributed by atoms with Crippen molar-refractivity contribution in [1.82, 2.24) is 19.7 Å². The van der Waals surface area contributed by atoms with E-state index in [2.05, 4.69) is 10.1 Å². The lowest BCUT2D eigenvalue weighted by atomic mass is 10.2.